The Balaban J connectivity index is 1.24. The van der Waals surface area contributed by atoms with E-state index in [1.165, 1.54) is 36.6 Å². The van der Waals surface area contributed by atoms with E-state index in [1.54, 1.807) is 0 Å². The van der Waals surface area contributed by atoms with Crippen molar-refractivity contribution in [2.75, 3.05) is 31.5 Å². The Morgan fingerprint density at radius 2 is 1.82 bits per heavy atom. The zero-order chi connectivity index (χ0) is 26.9. The SMILES string of the molecule is CCN(CC)CC(=O)N1CCc2nc(Nc3ncc4c5ccccc5n([C@H]5CC[C@H](C)CC5)c4n3)ccc2C1. The number of nitrogens with zero attached hydrogens (tertiary/aromatic N) is 6. The summed E-state index contributed by atoms with van der Waals surface area (Å²) in [5.74, 6) is 2.29. The van der Waals surface area contributed by atoms with Crippen LogP contribution in [0.15, 0.2) is 42.6 Å². The standard InChI is InChI=1S/C31H39N7O/c1-4-36(5-2)20-29(39)37-17-16-26-22(19-37)12-15-28(33-26)34-31-32-18-25-24-8-6-7-9-27(24)38(30(25)35-31)23-13-10-21(3)11-14-23/h6-9,12,15,18,21,23H,4-5,10-11,13-14,16-17,19-20H2,1-3H3,(H,32,33,34,35)/t21-,23-. The molecule has 1 saturated carbocycles. The van der Waals surface area contributed by atoms with Crippen LogP contribution in [0.25, 0.3) is 21.9 Å². The third-order valence-corrected chi connectivity index (χ3v) is 8.70. The van der Waals surface area contributed by atoms with Crippen molar-refractivity contribution in [3.8, 4) is 0 Å². The molecule has 1 N–H and O–H groups in total. The van der Waals surface area contributed by atoms with Gasteiger partial charge in [0.15, 0.2) is 0 Å². The highest BCUT2D eigenvalue weighted by molar-refractivity contribution is 6.06. The van der Waals surface area contributed by atoms with Crippen molar-refractivity contribution in [1.82, 2.24) is 29.3 Å². The lowest BCUT2D eigenvalue weighted by atomic mass is 9.87. The Hall–Kier alpha value is -3.52. The lowest BCUT2D eigenvalue weighted by Crippen LogP contribution is -2.42. The fraction of sp³-hybridized carbons (Fsp3) is 0.484. The molecule has 204 valence electrons. The number of rotatable bonds is 7. The first kappa shape index (κ1) is 25.7. The Bertz CT molecular complexity index is 1480. The highest BCUT2D eigenvalue weighted by Gasteiger charge is 2.25. The maximum absolute atomic E-state index is 12.8. The summed E-state index contributed by atoms with van der Waals surface area (Å²) in [6, 6.07) is 13.1. The van der Waals surface area contributed by atoms with E-state index >= 15 is 0 Å². The summed E-state index contributed by atoms with van der Waals surface area (Å²) >= 11 is 0. The fourth-order valence-electron chi connectivity index (χ4n) is 6.25. The molecule has 8 nitrogen and oxygen atoms in total. The first-order valence-electron chi connectivity index (χ1n) is 14.6. The molecule has 4 aromatic rings. The minimum Gasteiger partial charge on any atom is -0.337 e. The lowest BCUT2D eigenvalue weighted by molar-refractivity contribution is -0.133. The molecular formula is C31H39N7O. The minimum atomic E-state index is 0.191. The second kappa shape index (κ2) is 10.9. The van der Waals surface area contributed by atoms with Gasteiger partial charge in [0.25, 0.3) is 0 Å². The number of hydrogen-bond acceptors (Lipinski definition) is 6. The van der Waals surface area contributed by atoms with Crippen molar-refractivity contribution < 1.29 is 4.79 Å². The van der Waals surface area contributed by atoms with Gasteiger partial charge in [0, 0.05) is 48.2 Å². The van der Waals surface area contributed by atoms with Gasteiger partial charge in [-0.3, -0.25) is 9.69 Å². The molecule has 6 rings (SSSR count). The molecule has 0 bridgehead atoms. The van der Waals surface area contributed by atoms with E-state index in [1.807, 2.05) is 17.2 Å². The predicted molar refractivity (Wildman–Crippen MR) is 156 cm³/mol. The van der Waals surface area contributed by atoms with Gasteiger partial charge in [-0.2, -0.15) is 4.98 Å². The molecule has 1 aromatic carbocycles. The molecule has 0 radical (unpaired) electrons. The van der Waals surface area contributed by atoms with Crippen molar-refractivity contribution >= 4 is 39.6 Å². The fourth-order valence-corrected chi connectivity index (χ4v) is 6.25. The maximum atomic E-state index is 12.8. The zero-order valence-electron chi connectivity index (χ0n) is 23.4. The van der Waals surface area contributed by atoms with Crippen molar-refractivity contribution in [1.29, 1.82) is 0 Å². The number of benzene rings is 1. The number of aromatic nitrogens is 4. The molecule has 2 aliphatic rings. The van der Waals surface area contributed by atoms with Crippen molar-refractivity contribution in [3.63, 3.8) is 0 Å². The quantitative estimate of drug-likeness (QED) is 0.333. The molecule has 1 amide bonds. The first-order chi connectivity index (χ1) is 19.0. The minimum absolute atomic E-state index is 0.191. The number of carbonyl (C=O) groups is 1. The summed E-state index contributed by atoms with van der Waals surface area (Å²) in [4.78, 5) is 31.5. The number of amides is 1. The third-order valence-electron chi connectivity index (χ3n) is 8.70. The summed E-state index contributed by atoms with van der Waals surface area (Å²) < 4.78 is 2.45. The average molecular weight is 526 g/mol. The van der Waals surface area contributed by atoms with Crippen LogP contribution < -0.4 is 5.32 Å². The molecule has 1 fully saturated rings. The van der Waals surface area contributed by atoms with Crippen LogP contribution in [0.1, 0.15) is 63.8 Å². The van der Waals surface area contributed by atoms with Gasteiger partial charge in [-0.25, -0.2) is 9.97 Å². The topological polar surface area (TPSA) is 79.2 Å². The van der Waals surface area contributed by atoms with Crippen molar-refractivity contribution in [2.45, 2.75) is 65.5 Å². The van der Waals surface area contributed by atoms with E-state index in [4.69, 9.17) is 9.97 Å². The van der Waals surface area contributed by atoms with E-state index in [2.05, 4.69) is 70.9 Å². The Kier molecular flexibility index (Phi) is 7.21. The summed E-state index contributed by atoms with van der Waals surface area (Å²) in [5, 5.41) is 5.68. The molecule has 0 atom stereocenters. The van der Waals surface area contributed by atoms with Crippen molar-refractivity contribution in [3.05, 3.63) is 53.9 Å². The number of nitrogens with one attached hydrogen (secondary N) is 1. The van der Waals surface area contributed by atoms with Gasteiger partial charge < -0.3 is 14.8 Å². The van der Waals surface area contributed by atoms with E-state index in [-0.39, 0.29) is 5.91 Å². The molecule has 0 unspecified atom stereocenters. The van der Waals surface area contributed by atoms with E-state index in [9.17, 15) is 4.79 Å². The van der Waals surface area contributed by atoms with Crippen LogP contribution in [0, 0.1) is 5.92 Å². The Labute approximate surface area is 230 Å². The highest BCUT2D eigenvalue weighted by atomic mass is 16.2. The van der Waals surface area contributed by atoms with Crippen LogP contribution in [0.5, 0.6) is 0 Å². The number of hydrogen-bond donors (Lipinski definition) is 1. The molecule has 3 aromatic heterocycles. The number of fused-ring (bicyclic) bond motifs is 4. The third kappa shape index (κ3) is 5.10. The molecule has 4 heterocycles. The zero-order valence-corrected chi connectivity index (χ0v) is 23.4. The van der Waals surface area contributed by atoms with Crippen LogP contribution in [0.4, 0.5) is 11.8 Å². The number of pyridine rings is 1. The van der Waals surface area contributed by atoms with Gasteiger partial charge in [0.05, 0.1) is 12.1 Å². The number of para-hydroxylation sites is 1. The van der Waals surface area contributed by atoms with E-state index in [0.717, 1.165) is 53.5 Å². The molecule has 8 heteroatoms. The number of likely N-dealkylation sites (N-methyl/N-ethyl adjacent to an activating group) is 1. The van der Waals surface area contributed by atoms with Gasteiger partial charge in [-0.15, -0.1) is 0 Å². The Morgan fingerprint density at radius 1 is 1.03 bits per heavy atom. The van der Waals surface area contributed by atoms with Gasteiger partial charge in [-0.1, -0.05) is 45.0 Å². The average Bonchev–Trinajstić information content (AvgIpc) is 3.29. The summed E-state index contributed by atoms with van der Waals surface area (Å²) in [7, 11) is 0. The maximum Gasteiger partial charge on any atom is 0.237 e. The largest absolute Gasteiger partial charge is 0.337 e. The summed E-state index contributed by atoms with van der Waals surface area (Å²) in [6.07, 6.45) is 7.58. The van der Waals surface area contributed by atoms with E-state index in [0.29, 0.717) is 31.6 Å². The lowest BCUT2D eigenvalue weighted by Gasteiger charge is -2.30. The van der Waals surface area contributed by atoms with E-state index < -0.39 is 0 Å². The van der Waals surface area contributed by atoms with Crippen LogP contribution in [-0.4, -0.2) is 61.4 Å². The predicted octanol–water partition coefficient (Wildman–Crippen LogP) is 5.70. The molecular weight excluding hydrogens is 486 g/mol. The van der Waals surface area contributed by atoms with Crippen LogP contribution in [-0.2, 0) is 17.8 Å². The summed E-state index contributed by atoms with van der Waals surface area (Å²) in [6.45, 7) is 10.1. The van der Waals surface area contributed by atoms with Gasteiger partial charge >= 0.3 is 0 Å². The second-order valence-electron chi connectivity index (χ2n) is 11.2. The molecule has 1 aliphatic heterocycles. The molecule has 1 aliphatic carbocycles. The van der Waals surface area contributed by atoms with Gasteiger partial charge in [-0.05, 0) is 62.4 Å². The normalized spacial score (nSPS) is 19.5. The highest BCUT2D eigenvalue weighted by Crippen LogP contribution is 2.38. The van der Waals surface area contributed by atoms with Gasteiger partial charge in [0.2, 0.25) is 11.9 Å². The van der Waals surface area contributed by atoms with Crippen LogP contribution in [0.2, 0.25) is 0 Å². The molecule has 0 spiro atoms. The first-order valence-corrected chi connectivity index (χ1v) is 14.6. The summed E-state index contributed by atoms with van der Waals surface area (Å²) in [5.41, 5.74) is 4.39. The second-order valence-corrected chi connectivity index (χ2v) is 11.2. The van der Waals surface area contributed by atoms with Gasteiger partial charge in [0.1, 0.15) is 11.5 Å². The number of carbonyl (C=O) groups excluding carboxylic acids is 1. The smallest absolute Gasteiger partial charge is 0.237 e. The van der Waals surface area contributed by atoms with Crippen molar-refractivity contribution in [2.24, 2.45) is 5.92 Å². The molecule has 0 saturated heterocycles. The van der Waals surface area contributed by atoms with Crippen LogP contribution >= 0.6 is 0 Å². The monoisotopic (exact) mass is 525 g/mol. The number of anilines is 2. The Morgan fingerprint density at radius 3 is 2.62 bits per heavy atom. The molecule has 39 heavy (non-hydrogen) atoms. The van der Waals surface area contributed by atoms with Crippen LogP contribution in [0.3, 0.4) is 0 Å².